The van der Waals surface area contributed by atoms with E-state index in [1.54, 1.807) is 6.07 Å². The summed E-state index contributed by atoms with van der Waals surface area (Å²) in [6.07, 6.45) is 0. The van der Waals surface area contributed by atoms with E-state index in [0.29, 0.717) is 0 Å². The van der Waals surface area contributed by atoms with Crippen LogP contribution in [0.25, 0.3) is 10.9 Å². The van der Waals surface area contributed by atoms with Gasteiger partial charge in [-0.05, 0) is 32.6 Å². The molecule has 0 unspecified atom stereocenters. The van der Waals surface area contributed by atoms with Crippen LogP contribution in [0.1, 0.15) is 5.56 Å². The van der Waals surface area contributed by atoms with Gasteiger partial charge in [0.2, 0.25) is 5.56 Å². The number of pyridine rings is 1. The monoisotopic (exact) mass is 204 g/mol. The molecule has 0 aliphatic heterocycles. The van der Waals surface area contributed by atoms with E-state index in [9.17, 15) is 4.79 Å². The van der Waals surface area contributed by atoms with Crippen molar-refractivity contribution in [1.82, 2.24) is 10.3 Å². The van der Waals surface area contributed by atoms with E-state index in [4.69, 9.17) is 0 Å². The Morgan fingerprint density at radius 3 is 2.47 bits per heavy atom. The number of benzene rings is 1. The van der Waals surface area contributed by atoms with Gasteiger partial charge in [-0.1, -0.05) is 18.2 Å². The Bertz CT molecular complexity index is 488. The van der Waals surface area contributed by atoms with Crippen molar-refractivity contribution in [3.63, 3.8) is 0 Å². The maximum atomic E-state index is 11.0. The second kappa shape index (κ2) is 5.32. The van der Waals surface area contributed by atoms with Crippen LogP contribution in [-0.4, -0.2) is 19.1 Å². The lowest BCUT2D eigenvalue weighted by Gasteiger charge is -1.98. The molecule has 0 bridgehead atoms. The zero-order valence-electron chi connectivity index (χ0n) is 9.29. The fraction of sp³-hybridized carbons (Fsp3) is 0.250. The van der Waals surface area contributed by atoms with Crippen LogP contribution in [-0.2, 0) is 0 Å². The molecular weight excluding hydrogens is 188 g/mol. The van der Waals surface area contributed by atoms with Crippen LogP contribution in [0.15, 0.2) is 35.1 Å². The smallest absolute Gasteiger partial charge is 0.248 e. The highest BCUT2D eigenvalue weighted by Gasteiger charge is 1.96. The van der Waals surface area contributed by atoms with Crippen LogP contribution in [0.3, 0.4) is 0 Å². The van der Waals surface area contributed by atoms with Gasteiger partial charge in [0.05, 0.1) is 0 Å². The molecule has 2 N–H and O–H groups in total. The molecule has 1 heterocycles. The SMILES string of the molecule is CNC.Cc1cc(=O)[nH]c2ccccc12. The first-order chi connectivity index (χ1) is 7.19. The molecule has 0 atom stereocenters. The predicted octanol–water partition coefficient (Wildman–Crippen LogP) is 1.67. The van der Waals surface area contributed by atoms with Gasteiger partial charge in [-0.25, -0.2) is 0 Å². The number of fused-ring (bicyclic) bond motifs is 1. The van der Waals surface area contributed by atoms with Crippen molar-refractivity contribution in [2.45, 2.75) is 6.92 Å². The minimum atomic E-state index is -0.0359. The van der Waals surface area contributed by atoms with E-state index in [1.165, 1.54) is 0 Å². The highest BCUT2D eigenvalue weighted by atomic mass is 16.1. The Morgan fingerprint density at radius 2 is 1.80 bits per heavy atom. The normalized spacial score (nSPS) is 9.53. The van der Waals surface area contributed by atoms with Crippen LogP contribution < -0.4 is 10.9 Å². The van der Waals surface area contributed by atoms with Gasteiger partial charge in [-0.15, -0.1) is 0 Å². The van der Waals surface area contributed by atoms with E-state index >= 15 is 0 Å². The minimum absolute atomic E-state index is 0.0359. The fourth-order valence-corrected chi connectivity index (χ4v) is 1.38. The van der Waals surface area contributed by atoms with Gasteiger partial charge in [0.25, 0.3) is 0 Å². The summed E-state index contributed by atoms with van der Waals surface area (Å²) in [7, 11) is 3.75. The van der Waals surface area contributed by atoms with E-state index in [0.717, 1.165) is 16.5 Å². The molecule has 1 aromatic heterocycles. The number of aryl methyl sites for hydroxylation is 1. The topological polar surface area (TPSA) is 44.9 Å². The van der Waals surface area contributed by atoms with Crippen molar-refractivity contribution in [2.75, 3.05) is 14.1 Å². The number of hydrogen-bond acceptors (Lipinski definition) is 2. The number of para-hydroxylation sites is 1. The molecule has 0 saturated carbocycles. The lowest BCUT2D eigenvalue weighted by atomic mass is 10.1. The zero-order chi connectivity index (χ0) is 11.3. The lowest BCUT2D eigenvalue weighted by molar-refractivity contribution is 1.02. The summed E-state index contributed by atoms with van der Waals surface area (Å²) in [5.41, 5.74) is 1.89. The summed E-state index contributed by atoms with van der Waals surface area (Å²) in [5, 5.41) is 3.86. The number of H-pyrrole nitrogens is 1. The maximum Gasteiger partial charge on any atom is 0.248 e. The Morgan fingerprint density at radius 1 is 1.20 bits per heavy atom. The second-order valence-corrected chi connectivity index (χ2v) is 3.36. The van der Waals surface area contributed by atoms with Crippen molar-refractivity contribution >= 4 is 10.9 Å². The molecule has 15 heavy (non-hydrogen) atoms. The van der Waals surface area contributed by atoms with Crippen molar-refractivity contribution in [1.29, 1.82) is 0 Å². The summed E-state index contributed by atoms with van der Waals surface area (Å²) in [6.45, 7) is 1.94. The Kier molecular flexibility index (Phi) is 4.06. The maximum absolute atomic E-state index is 11.0. The van der Waals surface area contributed by atoms with E-state index < -0.39 is 0 Å². The molecule has 3 heteroatoms. The quantitative estimate of drug-likeness (QED) is 0.685. The third-order valence-electron chi connectivity index (χ3n) is 1.96. The van der Waals surface area contributed by atoms with Crippen LogP contribution in [0, 0.1) is 6.92 Å². The van der Waals surface area contributed by atoms with Gasteiger partial charge in [0.1, 0.15) is 0 Å². The third kappa shape index (κ3) is 2.92. The first-order valence-corrected chi connectivity index (χ1v) is 4.86. The number of aromatic amines is 1. The summed E-state index contributed by atoms with van der Waals surface area (Å²) < 4.78 is 0. The third-order valence-corrected chi connectivity index (χ3v) is 1.96. The van der Waals surface area contributed by atoms with E-state index in [2.05, 4.69) is 10.3 Å². The molecule has 0 amide bonds. The van der Waals surface area contributed by atoms with Crippen LogP contribution in [0.5, 0.6) is 0 Å². The standard InChI is InChI=1S/C10H9NO.C2H7N/c1-7-6-10(12)11-9-5-3-2-4-8(7)9;1-3-2/h2-6H,1H3,(H,11,12);3H,1-2H3. The van der Waals surface area contributed by atoms with Crippen molar-refractivity contribution < 1.29 is 0 Å². The minimum Gasteiger partial charge on any atom is -0.323 e. The second-order valence-electron chi connectivity index (χ2n) is 3.36. The molecule has 0 spiro atoms. The first kappa shape index (κ1) is 11.5. The Balaban J connectivity index is 0.000000337. The average Bonchev–Trinajstić information content (AvgIpc) is 2.18. The number of aromatic nitrogens is 1. The van der Waals surface area contributed by atoms with Crippen LogP contribution in [0.4, 0.5) is 0 Å². The molecule has 0 radical (unpaired) electrons. The molecule has 80 valence electrons. The molecule has 2 rings (SSSR count). The molecule has 0 aliphatic carbocycles. The summed E-state index contributed by atoms with van der Waals surface area (Å²) in [6, 6.07) is 9.40. The first-order valence-electron chi connectivity index (χ1n) is 4.86. The summed E-state index contributed by atoms with van der Waals surface area (Å²) in [4.78, 5) is 13.8. The van der Waals surface area contributed by atoms with Gasteiger partial charge in [-0.2, -0.15) is 0 Å². The summed E-state index contributed by atoms with van der Waals surface area (Å²) in [5.74, 6) is 0. The van der Waals surface area contributed by atoms with Crippen molar-refractivity contribution in [3.8, 4) is 0 Å². The van der Waals surface area contributed by atoms with Gasteiger partial charge in [0.15, 0.2) is 0 Å². The summed E-state index contributed by atoms with van der Waals surface area (Å²) >= 11 is 0. The van der Waals surface area contributed by atoms with Crippen LogP contribution in [0.2, 0.25) is 0 Å². The van der Waals surface area contributed by atoms with Gasteiger partial charge in [0, 0.05) is 17.0 Å². The van der Waals surface area contributed by atoms with Crippen LogP contribution >= 0.6 is 0 Å². The Hall–Kier alpha value is -1.61. The molecule has 0 aliphatic rings. The lowest BCUT2D eigenvalue weighted by Crippen LogP contribution is -2.04. The number of nitrogens with one attached hydrogen (secondary N) is 2. The molecular formula is C12H16N2O. The van der Waals surface area contributed by atoms with Crippen molar-refractivity contribution in [3.05, 3.63) is 46.2 Å². The molecule has 2 aromatic rings. The predicted molar refractivity (Wildman–Crippen MR) is 64.3 cm³/mol. The molecule has 0 saturated heterocycles. The fourth-order valence-electron chi connectivity index (χ4n) is 1.38. The zero-order valence-corrected chi connectivity index (χ0v) is 9.29. The highest BCUT2D eigenvalue weighted by molar-refractivity contribution is 5.81. The Labute approximate surface area is 89.1 Å². The highest BCUT2D eigenvalue weighted by Crippen LogP contribution is 2.12. The average molecular weight is 204 g/mol. The number of hydrogen-bond donors (Lipinski definition) is 2. The van der Waals surface area contributed by atoms with E-state index in [1.807, 2.05) is 45.3 Å². The largest absolute Gasteiger partial charge is 0.323 e. The molecule has 3 nitrogen and oxygen atoms in total. The van der Waals surface area contributed by atoms with E-state index in [-0.39, 0.29) is 5.56 Å². The van der Waals surface area contributed by atoms with Gasteiger partial charge in [-0.3, -0.25) is 4.79 Å². The molecule has 1 aromatic carbocycles. The van der Waals surface area contributed by atoms with Gasteiger partial charge < -0.3 is 10.3 Å². The molecule has 0 fully saturated rings. The van der Waals surface area contributed by atoms with Crippen molar-refractivity contribution in [2.24, 2.45) is 0 Å². The number of rotatable bonds is 0. The van der Waals surface area contributed by atoms with Gasteiger partial charge >= 0.3 is 0 Å².